The second-order valence-electron chi connectivity index (χ2n) is 9.47. The maximum Gasteiger partial charge on any atom is 1.00 e. The molecule has 1 heterocycles. The van der Waals surface area contributed by atoms with Crippen molar-refractivity contribution in [2.24, 2.45) is 5.92 Å². The van der Waals surface area contributed by atoms with E-state index in [1.54, 1.807) is 30.3 Å². The van der Waals surface area contributed by atoms with E-state index in [1.807, 2.05) is 18.2 Å². The Kier molecular flexibility index (Phi) is 10.1. The molecule has 3 aromatic rings. The molecule has 0 saturated heterocycles. The number of carboxylic acids is 1. The molecule has 2 aliphatic rings. The Hall–Kier alpha value is -2.42. The number of ether oxygens (including phenoxy) is 3. The van der Waals surface area contributed by atoms with Crippen LogP contribution in [-0.4, -0.2) is 31.6 Å². The van der Waals surface area contributed by atoms with E-state index in [9.17, 15) is 14.7 Å². The van der Waals surface area contributed by atoms with E-state index in [1.165, 1.54) is 18.9 Å². The molecule has 39 heavy (non-hydrogen) atoms. The number of carbonyl (C=O) groups is 2. The predicted octanol–water partition coefficient (Wildman–Crippen LogP) is 2.17. The van der Waals surface area contributed by atoms with Crippen molar-refractivity contribution in [3.05, 3.63) is 81.3 Å². The summed E-state index contributed by atoms with van der Waals surface area (Å²) in [4.78, 5) is 24.1. The van der Waals surface area contributed by atoms with E-state index < -0.39 is 11.9 Å². The summed E-state index contributed by atoms with van der Waals surface area (Å²) in [6, 6.07) is 15.3. The number of aliphatic carboxylic acids is 1. The molecule has 1 atom stereocenters. The van der Waals surface area contributed by atoms with Crippen molar-refractivity contribution < 1.29 is 58.5 Å². The van der Waals surface area contributed by atoms with Crippen molar-refractivity contribution in [3.8, 4) is 23.0 Å². The molecule has 0 aromatic heterocycles. The molecule has 0 spiro atoms. The van der Waals surface area contributed by atoms with Crippen molar-refractivity contribution in [3.63, 3.8) is 0 Å². The van der Waals surface area contributed by atoms with Gasteiger partial charge in [-0.2, -0.15) is 0 Å². The van der Waals surface area contributed by atoms with Crippen LogP contribution in [0.4, 0.5) is 0 Å². The van der Waals surface area contributed by atoms with Gasteiger partial charge in [-0.1, -0.05) is 29.3 Å². The minimum atomic E-state index is -1.16. The molecular weight excluding hydrogens is 552 g/mol. The number of hydrogen-bond acceptors (Lipinski definition) is 6. The van der Waals surface area contributed by atoms with Crippen molar-refractivity contribution in [1.29, 1.82) is 0 Å². The van der Waals surface area contributed by atoms with Gasteiger partial charge in [-0.15, -0.1) is 0 Å². The molecule has 1 fully saturated rings. The van der Waals surface area contributed by atoms with Gasteiger partial charge in [0.2, 0.25) is 0 Å². The summed E-state index contributed by atoms with van der Waals surface area (Å²) in [6.45, 7) is 1.40. The molecule has 1 saturated carbocycles. The molecule has 1 aliphatic heterocycles. The average Bonchev–Trinajstić information content (AvgIpc) is 3.73. The summed E-state index contributed by atoms with van der Waals surface area (Å²) in [5.74, 6) is 0.447. The minimum Gasteiger partial charge on any atom is -0.549 e. The molecule has 5 rings (SSSR count). The molecule has 1 N–H and O–H groups in total. The topological polar surface area (TPSA) is 96.9 Å². The van der Waals surface area contributed by atoms with Crippen LogP contribution in [0, 0.1) is 5.92 Å². The first-order valence-electron chi connectivity index (χ1n) is 12.5. The molecule has 7 nitrogen and oxygen atoms in total. The standard InChI is InChI=1S/C29H27Cl2NO6.Na/c30-20-6-3-18(25(13-20)37-16-17-1-2-17)9-11-32-28(33)19-4-7-21(8-5-19)38-27-15-26-23(14-24(27)31)22(29(34)35)10-12-36-26;/h3-8,13-15,17,22H,1-2,9-12,16H2,(H,32,33)(H,34,35);/q;+1/p-1. The fourth-order valence-electron chi connectivity index (χ4n) is 4.29. The maximum atomic E-state index is 12.7. The second-order valence-corrected chi connectivity index (χ2v) is 10.3. The predicted molar refractivity (Wildman–Crippen MR) is 142 cm³/mol. The quantitative estimate of drug-likeness (QED) is 0.371. The van der Waals surface area contributed by atoms with Crippen LogP contribution in [0.2, 0.25) is 10.0 Å². The zero-order valence-corrected chi connectivity index (χ0v) is 25.0. The van der Waals surface area contributed by atoms with Gasteiger partial charge >= 0.3 is 29.6 Å². The largest absolute Gasteiger partial charge is 1.00 e. The van der Waals surface area contributed by atoms with Crippen LogP contribution in [0.5, 0.6) is 23.0 Å². The van der Waals surface area contributed by atoms with Crippen molar-refractivity contribution in [2.75, 3.05) is 19.8 Å². The van der Waals surface area contributed by atoms with Crippen LogP contribution in [0.3, 0.4) is 0 Å². The van der Waals surface area contributed by atoms with E-state index in [0.29, 0.717) is 65.3 Å². The summed E-state index contributed by atoms with van der Waals surface area (Å²) in [5, 5.41) is 15.2. The summed E-state index contributed by atoms with van der Waals surface area (Å²) >= 11 is 12.5. The van der Waals surface area contributed by atoms with Gasteiger partial charge in [0.25, 0.3) is 5.91 Å². The van der Waals surface area contributed by atoms with Gasteiger partial charge in [0.15, 0.2) is 0 Å². The Morgan fingerprint density at radius 2 is 1.77 bits per heavy atom. The summed E-state index contributed by atoms with van der Waals surface area (Å²) in [6.07, 6.45) is 3.34. The molecule has 3 aromatic carbocycles. The van der Waals surface area contributed by atoms with E-state index in [2.05, 4.69) is 5.32 Å². The van der Waals surface area contributed by atoms with Crippen molar-refractivity contribution in [1.82, 2.24) is 5.32 Å². The van der Waals surface area contributed by atoms with Gasteiger partial charge in [0.05, 0.1) is 18.2 Å². The first kappa shape index (κ1) is 29.6. The summed E-state index contributed by atoms with van der Waals surface area (Å²) in [5.41, 5.74) is 1.95. The minimum absolute atomic E-state index is 0. The van der Waals surface area contributed by atoms with Crippen LogP contribution in [0.25, 0.3) is 0 Å². The van der Waals surface area contributed by atoms with Crippen LogP contribution in [0.15, 0.2) is 54.6 Å². The maximum absolute atomic E-state index is 12.7. The zero-order valence-electron chi connectivity index (χ0n) is 21.5. The SMILES string of the molecule is O=C(NCCc1ccc(Cl)cc1OCC1CC1)c1ccc(Oc2cc3c(cc2Cl)C(C(=O)[O-])CCO3)cc1.[Na+]. The van der Waals surface area contributed by atoms with Crippen LogP contribution in [-0.2, 0) is 11.2 Å². The fourth-order valence-corrected chi connectivity index (χ4v) is 4.66. The number of fused-ring (bicyclic) bond motifs is 1. The third-order valence-corrected chi connectivity index (χ3v) is 7.14. The van der Waals surface area contributed by atoms with Gasteiger partial charge < -0.3 is 29.4 Å². The number of hydrogen-bond donors (Lipinski definition) is 1. The molecule has 0 radical (unpaired) electrons. The van der Waals surface area contributed by atoms with E-state index in [-0.39, 0.29) is 47.1 Å². The Balaban J connectivity index is 0.00000353. The zero-order chi connectivity index (χ0) is 26.6. The van der Waals surface area contributed by atoms with Crippen molar-refractivity contribution >= 4 is 35.1 Å². The molecule has 10 heteroatoms. The van der Waals surface area contributed by atoms with Gasteiger partial charge in [0, 0.05) is 40.6 Å². The second kappa shape index (κ2) is 13.3. The van der Waals surface area contributed by atoms with Crippen LogP contribution >= 0.6 is 23.2 Å². The third-order valence-electron chi connectivity index (χ3n) is 6.61. The summed E-state index contributed by atoms with van der Waals surface area (Å²) < 4.78 is 17.4. The molecule has 1 unspecified atom stereocenters. The number of carboxylic acid groups (broad SMARTS) is 1. The molecule has 198 valence electrons. The number of carbonyl (C=O) groups excluding carboxylic acids is 2. The first-order valence-corrected chi connectivity index (χ1v) is 13.3. The first-order chi connectivity index (χ1) is 18.4. The number of rotatable bonds is 10. The smallest absolute Gasteiger partial charge is 0.549 e. The number of nitrogens with one attached hydrogen (secondary N) is 1. The Bertz CT molecular complexity index is 1350. The monoisotopic (exact) mass is 577 g/mol. The summed E-state index contributed by atoms with van der Waals surface area (Å²) in [7, 11) is 0. The number of halogens is 2. The van der Waals surface area contributed by atoms with Crippen LogP contribution < -0.4 is 54.2 Å². The number of amides is 1. The van der Waals surface area contributed by atoms with Crippen LogP contribution in [0.1, 0.15) is 46.7 Å². The number of benzene rings is 3. The molecular formula is C29H26Cl2NNaO6. The van der Waals surface area contributed by atoms with Gasteiger partial charge in [0.1, 0.15) is 23.0 Å². The van der Waals surface area contributed by atoms with Gasteiger partial charge in [-0.25, -0.2) is 0 Å². The van der Waals surface area contributed by atoms with E-state index in [0.717, 1.165) is 11.3 Å². The molecule has 1 amide bonds. The van der Waals surface area contributed by atoms with E-state index >= 15 is 0 Å². The Morgan fingerprint density at radius 1 is 1.00 bits per heavy atom. The normalized spacial score (nSPS) is 15.8. The Labute approximate surface area is 259 Å². The third kappa shape index (κ3) is 7.62. The van der Waals surface area contributed by atoms with Crippen molar-refractivity contribution in [2.45, 2.75) is 31.6 Å². The molecule has 0 bridgehead atoms. The molecule has 1 aliphatic carbocycles. The van der Waals surface area contributed by atoms with Gasteiger partial charge in [-0.3, -0.25) is 4.79 Å². The Morgan fingerprint density at radius 3 is 2.49 bits per heavy atom. The van der Waals surface area contributed by atoms with E-state index in [4.69, 9.17) is 37.4 Å². The average molecular weight is 578 g/mol. The van der Waals surface area contributed by atoms with Gasteiger partial charge in [-0.05, 0) is 79.6 Å². The fraction of sp³-hybridized carbons (Fsp3) is 0.310.